The topological polar surface area (TPSA) is 41.1 Å². The number of aryl methyl sites for hydroxylation is 1. The number of nitrogens with one attached hydrogen (secondary N) is 2. The zero-order valence-corrected chi connectivity index (χ0v) is 14.5. The third-order valence-electron chi connectivity index (χ3n) is 5.05. The van der Waals surface area contributed by atoms with E-state index in [1.807, 2.05) is 6.07 Å². The van der Waals surface area contributed by atoms with E-state index >= 15 is 0 Å². The zero-order chi connectivity index (χ0) is 15.6. The Morgan fingerprint density at radius 3 is 2.83 bits per heavy atom. The first kappa shape index (κ1) is 17.0. The lowest BCUT2D eigenvalue weighted by atomic mass is 9.82. The average molecular weight is 343 g/mol. The van der Waals surface area contributed by atoms with Crippen LogP contribution in [0.3, 0.4) is 0 Å². The van der Waals surface area contributed by atoms with Gasteiger partial charge in [-0.3, -0.25) is 4.79 Å². The van der Waals surface area contributed by atoms with E-state index in [0.717, 1.165) is 32.4 Å². The third-order valence-corrected chi connectivity index (χ3v) is 5.05. The summed E-state index contributed by atoms with van der Waals surface area (Å²) in [6.45, 7) is 2.51. The van der Waals surface area contributed by atoms with Gasteiger partial charge in [-0.1, -0.05) is 42.5 Å². The molecule has 1 aliphatic heterocycles. The Bertz CT molecular complexity index is 744. The van der Waals surface area contributed by atoms with E-state index in [-0.39, 0.29) is 24.2 Å². The van der Waals surface area contributed by atoms with Crippen molar-refractivity contribution in [3.63, 3.8) is 0 Å². The Balaban J connectivity index is 0.00000169. The predicted octanol–water partition coefficient (Wildman–Crippen LogP) is 3.45. The van der Waals surface area contributed by atoms with E-state index in [1.54, 1.807) is 0 Å². The van der Waals surface area contributed by atoms with Crippen LogP contribution in [0.2, 0.25) is 0 Å². The van der Waals surface area contributed by atoms with Crippen molar-refractivity contribution in [1.29, 1.82) is 0 Å². The highest BCUT2D eigenvalue weighted by Gasteiger charge is 2.25. The summed E-state index contributed by atoms with van der Waals surface area (Å²) in [5, 5.41) is 6.50. The van der Waals surface area contributed by atoms with Crippen molar-refractivity contribution < 1.29 is 4.79 Å². The van der Waals surface area contributed by atoms with Gasteiger partial charge in [-0.25, -0.2) is 0 Å². The molecule has 2 aromatic carbocycles. The number of benzene rings is 2. The van der Waals surface area contributed by atoms with Gasteiger partial charge in [0.2, 0.25) is 5.91 Å². The van der Waals surface area contributed by atoms with Crippen LogP contribution in [-0.4, -0.2) is 5.91 Å². The monoisotopic (exact) mass is 342 g/mol. The van der Waals surface area contributed by atoms with Crippen molar-refractivity contribution in [1.82, 2.24) is 10.6 Å². The first-order valence-corrected chi connectivity index (χ1v) is 8.48. The van der Waals surface area contributed by atoms with Gasteiger partial charge in [0.25, 0.3) is 0 Å². The maximum Gasteiger partial charge on any atom is 0.227 e. The molecule has 2 aliphatic rings. The lowest BCUT2D eigenvalue weighted by Crippen LogP contribution is -2.31. The highest BCUT2D eigenvalue weighted by atomic mass is 35.5. The van der Waals surface area contributed by atoms with Crippen LogP contribution in [-0.2, 0) is 30.8 Å². The predicted molar refractivity (Wildman–Crippen MR) is 98.2 cm³/mol. The first-order valence-electron chi connectivity index (χ1n) is 8.48. The van der Waals surface area contributed by atoms with Gasteiger partial charge < -0.3 is 10.6 Å². The number of carbonyl (C=O) groups is 1. The Hall–Kier alpha value is -1.84. The zero-order valence-electron chi connectivity index (χ0n) is 13.7. The van der Waals surface area contributed by atoms with Gasteiger partial charge >= 0.3 is 0 Å². The molecule has 0 radical (unpaired) electrons. The summed E-state index contributed by atoms with van der Waals surface area (Å²) in [6, 6.07) is 14.9. The van der Waals surface area contributed by atoms with Crippen molar-refractivity contribution in [2.24, 2.45) is 0 Å². The van der Waals surface area contributed by atoms with E-state index in [4.69, 9.17) is 0 Å². The van der Waals surface area contributed by atoms with Crippen LogP contribution in [0.4, 0.5) is 0 Å². The molecule has 1 heterocycles. The van der Waals surface area contributed by atoms with Crippen LogP contribution in [0.25, 0.3) is 0 Å². The standard InChI is InChI=1S/C20H22N2O.ClH/c23-20(19-7-3-5-15-4-1-2-6-18(15)19)22-11-14-8-9-16-12-21-13-17(16)10-14;/h1-2,4,6,8-10,19,21H,3,5,7,11-13H2,(H,22,23);1H. The van der Waals surface area contributed by atoms with Crippen molar-refractivity contribution >= 4 is 18.3 Å². The maximum atomic E-state index is 12.6. The molecule has 0 saturated carbocycles. The number of carbonyl (C=O) groups excluding carboxylic acids is 1. The Labute approximate surface area is 149 Å². The van der Waals surface area contributed by atoms with E-state index in [0.29, 0.717) is 6.54 Å². The van der Waals surface area contributed by atoms with Crippen LogP contribution in [0.1, 0.15) is 46.6 Å². The van der Waals surface area contributed by atoms with Gasteiger partial charge in [0.05, 0.1) is 5.92 Å². The largest absolute Gasteiger partial charge is 0.351 e. The van der Waals surface area contributed by atoms with Crippen molar-refractivity contribution in [3.8, 4) is 0 Å². The second-order valence-corrected chi connectivity index (χ2v) is 6.57. The molecule has 0 spiro atoms. The molecular weight excluding hydrogens is 320 g/mol. The van der Waals surface area contributed by atoms with Gasteiger partial charge in [-0.05, 0) is 47.1 Å². The Morgan fingerprint density at radius 1 is 1.08 bits per heavy atom. The average Bonchev–Trinajstić information content (AvgIpc) is 3.07. The van der Waals surface area contributed by atoms with Crippen LogP contribution in [0.5, 0.6) is 0 Å². The van der Waals surface area contributed by atoms with Crippen LogP contribution in [0.15, 0.2) is 42.5 Å². The number of rotatable bonds is 3. The molecule has 0 aromatic heterocycles. The number of hydrogen-bond donors (Lipinski definition) is 2. The Morgan fingerprint density at radius 2 is 1.92 bits per heavy atom. The summed E-state index contributed by atoms with van der Waals surface area (Å²) in [5.41, 5.74) is 6.47. The summed E-state index contributed by atoms with van der Waals surface area (Å²) in [6.07, 6.45) is 3.15. The molecule has 4 rings (SSSR count). The molecule has 2 aromatic rings. The van der Waals surface area contributed by atoms with Crippen LogP contribution in [0, 0.1) is 0 Å². The Kier molecular flexibility index (Phi) is 5.22. The second-order valence-electron chi connectivity index (χ2n) is 6.57. The van der Waals surface area contributed by atoms with Gasteiger partial charge in [-0.2, -0.15) is 0 Å². The highest BCUT2D eigenvalue weighted by Crippen LogP contribution is 2.31. The van der Waals surface area contributed by atoms with Gasteiger partial charge in [0.15, 0.2) is 0 Å². The fourth-order valence-corrected chi connectivity index (χ4v) is 3.80. The fourth-order valence-electron chi connectivity index (χ4n) is 3.80. The van der Waals surface area contributed by atoms with Crippen molar-refractivity contribution in [2.75, 3.05) is 0 Å². The number of halogens is 1. The van der Waals surface area contributed by atoms with E-state index in [2.05, 4.69) is 47.0 Å². The molecule has 0 saturated heterocycles. The SMILES string of the molecule is Cl.O=C(NCc1ccc2c(c1)CNC2)C1CCCc2ccccc21. The second kappa shape index (κ2) is 7.37. The fraction of sp³-hybridized carbons (Fsp3) is 0.350. The number of amides is 1. The molecule has 1 atom stereocenters. The van der Waals surface area contributed by atoms with Gasteiger partial charge in [-0.15, -0.1) is 12.4 Å². The molecule has 3 nitrogen and oxygen atoms in total. The summed E-state index contributed by atoms with van der Waals surface area (Å²) in [4.78, 5) is 12.6. The first-order chi connectivity index (χ1) is 11.3. The molecule has 0 bridgehead atoms. The number of hydrogen-bond acceptors (Lipinski definition) is 2. The minimum absolute atomic E-state index is 0. The van der Waals surface area contributed by atoms with Crippen LogP contribution >= 0.6 is 12.4 Å². The quantitative estimate of drug-likeness (QED) is 0.897. The lowest BCUT2D eigenvalue weighted by Gasteiger charge is -2.24. The van der Waals surface area contributed by atoms with Gasteiger partial charge in [0.1, 0.15) is 0 Å². The summed E-state index contributed by atoms with van der Waals surface area (Å²) < 4.78 is 0. The van der Waals surface area contributed by atoms with Crippen molar-refractivity contribution in [3.05, 3.63) is 70.3 Å². The molecule has 0 fully saturated rings. The minimum Gasteiger partial charge on any atom is -0.351 e. The number of fused-ring (bicyclic) bond motifs is 2. The molecule has 4 heteroatoms. The van der Waals surface area contributed by atoms with E-state index in [1.165, 1.54) is 27.8 Å². The molecule has 1 aliphatic carbocycles. The summed E-state index contributed by atoms with van der Waals surface area (Å²) >= 11 is 0. The van der Waals surface area contributed by atoms with E-state index < -0.39 is 0 Å². The van der Waals surface area contributed by atoms with E-state index in [9.17, 15) is 4.79 Å². The molecule has 1 amide bonds. The highest BCUT2D eigenvalue weighted by molar-refractivity contribution is 5.85. The smallest absolute Gasteiger partial charge is 0.227 e. The maximum absolute atomic E-state index is 12.6. The summed E-state index contributed by atoms with van der Waals surface area (Å²) in [5.74, 6) is 0.173. The molecular formula is C20H23ClN2O. The molecule has 1 unspecified atom stereocenters. The normalized spacial score (nSPS) is 18.2. The molecule has 2 N–H and O–H groups in total. The third kappa shape index (κ3) is 3.33. The molecule has 24 heavy (non-hydrogen) atoms. The van der Waals surface area contributed by atoms with Gasteiger partial charge in [0, 0.05) is 19.6 Å². The summed E-state index contributed by atoms with van der Waals surface area (Å²) in [7, 11) is 0. The van der Waals surface area contributed by atoms with Crippen LogP contribution < -0.4 is 10.6 Å². The lowest BCUT2D eigenvalue weighted by molar-refractivity contribution is -0.123. The molecule has 126 valence electrons. The van der Waals surface area contributed by atoms with Crippen molar-refractivity contribution in [2.45, 2.75) is 44.8 Å². The minimum atomic E-state index is 0.